The van der Waals surface area contributed by atoms with E-state index >= 15 is 4.39 Å². The third-order valence-corrected chi connectivity index (χ3v) is 7.03. The first kappa shape index (κ1) is 25.4. The Morgan fingerprint density at radius 1 is 1.02 bits per heavy atom. The van der Waals surface area contributed by atoms with Gasteiger partial charge in [-0.2, -0.15) is 0 Å². The second-order valence-corrected chi connectivity index (χ2v) is 9.99. The van der Waals surface area contributed by atoms with Gasteiger partial charge >= 0.3 is 6.09 Å². The van der Waals surface area contributed by atoms with E-state index in [0.717, 1.165) is 35.4 Å². The van der Waals surface area contributed by atoms with Gasteiger partial charge in [0.2, 0.25) is 0 Å². The third kappa shape index (κ3) is 4.93. The molecule has 1 fully saturated rings. The number of aromatic nitrogens is 4. The maximum Gasteiger partial charge on any atom is 0.412 e. The van der Waals surface area contributed by atoms with Crippen molar-refractivity contribution in [2.24, 2.45) is 7.05 Å². The molecule has 0 unspecified atom stereocenters. The van der Waals surface area contributed by atoms with E-state index in [1.165, 1.54) is 6.07 Å². The van der Waals surface area contributed by atoms with Gasteiger partial charge in [-0.05, 0) is 43.0 Å². The van der Waals surface area contributed by atoms with Crippen molar-refractivity contribution in [3.05, 3.63) is 107 Å². The second kappa shape index (κ2) is 10.3. The number of nitrogens with zero attached hydrogens (tertiary/aromatic N) is 4. The molecule has 40 heavy (non-hydrogen) atoms. The van der Waals surface area contributed by atoms with E-state index < -0.39 is 17.7 Å². The Bertz CT molecular complexity index is 1750. The number of nitrogens with one attached hydrogen (secondary N) is 1. The molecular formula is C31H26FN5O3. The normalized spacial score (nSPS) is 12.9. The van der Waals surface area contributed by atoms with Crippen molar-refractivity contribution < 1.29 is 18.7 Å². The SMILES string of the molecule is Cc1ccc(NC(=O)OCc2ccccc2)c(F)c1C(=O)c1cn(C)c2ncc(-c3cnc(C4CC4)nc3)cc12. The highest BCUT2D eigenvalue weighted by Gasteiger charge is 2.27. The van der Waals surface area contributed by atoms with Gasteiger partial charge in [-0.25, -0.2) is 24.1 Å². The van der Waals surface area contributed by atoms with Crippen molar-refractivity contribution in [1.29, 1.82) is 0 Å². The highest BCUT2D eigenvalue weighted by atomic mass is 19.1. The predicted octanol–water partition coefficient (Wildman–Crippen LogP) is 6.33. The van der Waals surface area contributed by atoms with Crippen LogP contribution in [0.5, 0.6) is 0 Å². The highest BCUT2D eigenvalue weighted by molar-refractivity contribution is 6.17. The van der Waals surface area contributed by atoms with Gasteiger partial charge in [0.25, 0.3) is 0 Å². The fraction of sp³-hybridized carbons (Fsp3) is 0.194. The number of hydrogen-bond donors (Lipinski definition) is 1. The van der Waals surface area contributed by atoms with Crippen LogP contribution in [-0.2, 0) is 18.4 Å². The molecule has 1 N–H and O–H groups in total. The zero-order chi connectivity index (χ0) is 27.8. The number of pyridine rings is 1. The molecule has 200 valence electrons. The van der Waals surface area contributed by atoms with Crippen LogP contribution in [0.4, 0.5) is 14.9 Å². The molecule has 0 atom stereocenters. The van der Waals surface area contributed by atoms with Gasteiger partial charge in [-0.1, -0.05) is 36.4 Å². The zero-order valence-electron chi connectivity index (χ0n) is 22.0. The first-order valence-corrected chi connectivity index (χ1v) is 13.0. The highest BCUT2D eigenvalue weighted by Crippen LogP contribution is 2.38. The van der Waals surface area contributed by atoms with Crippen LogP contribution in [0.3, 0.4) is 0 Å². The lowest BCUT2D eigenvalue weighted by Crippen LogP contribution is -2.16. The molecule has 1 aliphatic carbocycles. The molecule has 0 saturated heterocycles. The molecule has 3 heterocycles. The van der Waals surface area contributed by atoms with Crippen LogP contribution < -0.4 is 5.32 Å². The minimum Gasteiger partial charge on any atom is -0.444 e. The van der Waals surface area contributed by atoms with E-state index in [9.17, 15) is 9.59 Å². The Kier molecular flexibility index (Phi) is 6.55. The minimum atomic E-state index is -0.827. The number of fused-ring (bicyclic) bond motifs is 1. The van der Waals surface area contributed by atoms with Crippen LogP contribution in [0.2, 0.25) is 0 Å². The van der Waals surface area contributed by atoms with Crippen molar-refractivity contribution >= 4 is 28.6 Å². The Morgan fingerprint density at radius 3 is 2.48 bits per heavy atom. The number of aryl methyl sites for hydroxylation is 2. The van der Waals surface area contributed by atoms with Crippen molar-refractivity contribution in [2.45, 2.75) is 32.3 Å². The van der Waals surface area contributed by atoms with Gasteiger partial charge in [-0.15, -0.1) is 0 Å². The van der Waals surface area contributed by atoms with Crippen molar-refractivity contribution in [1.82, 2.24) is 19.5 Å². The number of ketones is 1. The Labute approximate surface area is 229 Å². The summed E-state index contributed by atoms with van der Waals surface area (Å²) in [5.74, 6) is -0.0492. The summed E-state index contributed by atoms with van der Waals surface area (Å²) in [6.07, 6.45) is 8.30. The number of anilines is 1. The molecule has 0 bridgehead atoms. The molecule has 8 nitrogen and oxygen atoms in total. The largest absolute Gasteiger partial charge is 0.444 e. The maximum absolute atomic E-state index is 15.7. The first-order chi connectivity index (χ1) is 19.4. The maximum atomic E-state index is 15.7. The minimum absolute atomic E-state index is 0.0334. The second-order valence-electron chi connectivity index (χ2n) is 9.99. The number of halogens is 1. The van der Waals surface area contributed by atoms with Crippen LogP contribution in [-0.4, -0.2) is 31.4 Å². The molecule has 2 aromatic carbocycles. The van der Waals surface area contributed by atoms with Crippen LogP contribution in [0.1, 0.15) is 51.6 Å². The number of ether oxygens (including phenoxy) is 1. The number of hydrogen-bond acceptors (Lipinski definition) is 6. The predicted molar refractivity (Wildman–Crippen MR) is 149 cm³/mol. The van der Waals surface area contributed by atoms with Crippen LogP contribution in [0.25, 0.3) is 22.2 Å². The summed E-state index contributed by atoms with van der Waals surface area (Å²) in [6.45, 7) is 1.69. The van der Waals surface area contributed by atoms with Crippen LogP contribution >= 0.6 is 0 Å². The summed E-state index contributed by atoms with van der Waals surface area (Å²) >= 11 is 0. The number of rotatable bonds is 7. The van der Waals surface area contributed by atoms with Crippen molar-refractivity contribution in [3.63, 3.8) is 0 Å². The molecule has 0 aliphatic heterocycles. The smallest absolute Gasteiger partial charge is 0.412 e. The average molecular weight is 536 g/mol. The summed E-state index contributed by atoms with van der Waals surface area (Å²) in [5.41, 5.74) is 3.39. The van der Waals surface area contributed by atoms with Gasteiger partial charge in [0.1, 0.15) is 18.1 Å². The molecule has 3 aromatic heterocycles. The molecule has 9 heteroatoms. The van der Waals surface area contributed by atoms with Gasteiger partial charge in [-0.3, -0.25) is 10.1 Å². The summed E-state index contributed by atoms with van der Waals surface area (Å²) in [5, 5.41) is 3.00. The third-order valence-electron chi connectivity index (χ3n) is 7.03. The van der Waals surface area contributed by atoms with Gasteiger partial charge in [0.05, 0.1) is 11.3 Å². The van der Waals surface area contributed by atoms with E-state index in [2.05, 4.69) is 20.3 Å². The lowest BCUT2D eigenvalue weighted by atomic mass is 9.97. The van der Waals surface area contributed by atoms with E-state index in [1.54, 1.807) is 49.4 Å². The fourth-order valence-corrected chi connectivity index (χ4v) is 4.69. The van der Waals surface area contributed by atoms with Crippen LogP contribution in [0, 0.1) is 12.7 Å². The van der Waals surface area contributed by atoms with E-state index in [4.69, 9.17) is 4.74 Å². The van der Waals surface area contributed by atoms with Crippen molar-refractivity contribution in [2.75, 3.05) is 5.32 Å². The number of benzene rings is 2. The summed E-state index contributed by atoms with van der Waals surface area (Å²) in [6, 6.07) is 14.0. The topological polar surface area (TPSA) is 99.0 Å². The number of carbonyl (C=O) groups excluding carboxylic acids is 2. The number of amides is 1. The summed E-state index contributed by atoms with van der Waals surface area (Å²) in [7, 11) is 1.78. The van der Waals surface area contributed by atoms with E-state index in [-0.39, 0.29) is 17.9 Å². The monoisotopic (exact) mass is 535 g/mol. The molecule has 1 amide bonds. The molecule has 5 aromatic rings. The van der Waals surface area contributed by atoms with E-state index in [0.29, 0.717) is 28.1 Å². The standard InChI is InChI=1S/C31H26FN5O3/c1-18-8-11-25(36-31(39)40-17-19-6-4-3-5-7-19)27(32)26(18)28(38)24-16-37(2)30-23(24)12-21(13-35-30)22-14-33-29(34-15-22)20-9-10-20/h3-8,11-16,20H,9-10,17H2,1-2H3,(H,36,39). The Morgan fingerprint density at radius 2 is 1.75 bits per heavy atom. The molecule has 1 aliphatic rings. The number of carbonyl (C=O) groups is 2. The van der Waals surface area contributed by atoms with Crippen molar-refractivity contribution in [3.8, 4) is 11.1 Å². The average Bonchev–Trinajstić information content (AvgIpc) is 3.77. The van der Waals surface area contributed by atoms with E-state index in [1.807, 2.05) is 36.4 Å². The fourth-order valence-electron chi connectivity index (χ4n) is 4.69. The lowest BCUT2D eigenvalue weighted by Gasteiger charge is -2.12. The van der Waals surface area contributed by atoms with Crippen LogP contribution in [0.15, 0.2) is 73.3 Å². The molecule has 0 radical (unpaired) electrons. The first-order valence-electron chi connectivity index (χ1n) is 13.0. The molecule has 0 spiro atoms. The lowest BCUT2D eigenvalue weighted by molar-refractivity contribution is 0.103. The summed E-state index contributed by atoms with van der Waals surface area (Å²) < 4.78 is 22.7. The molecule has 1 saturated carbocycles. The summed E-state index contributed by atoms with van der Waals surface area (Å²) in [4.78, 5) is 39.7. The molecular weight excluding hydrogens is 509 g/mol. The Balaban J connectivity index is 1.29. The Hall–Kier alpha value is -4.92. The van der Waals surface area contributed by atoms with Gasteiger partial charge in [0, 0.05) is 59.8 Å². The van der Waals surface area contributed by atoms with Gasteiger partial charge in [0.15, 0.2) is 11.6 Å². The van der Waals surface area contributed by atoms with Gasteiger partial charge < -0.3 is 9.30 Å². The zero-order valence-corrected chi connectivity index (χ0v) is 22.0. The quantitative estimate of drug-likeness (QED) is 0.244. The molecule has 6 rings (SSSR count).